The summed E-state index contributed by atoms with van der Waals surface area (Å²) in [5.74, 6) is 0.563. The average Bonchev–Trinajstić information content (AvgIpc) is 2.53. The first kappa shape index (κ1) is 15.8. The Morgan fingerprint density at radius 3 is 2.62 bits per heavy atom. The molecule has 0 aromatic heterocycles. The molecule has 2 rings (SSSR count). The van der Waals surface area contributed by atoms with Crippen molar-refractivity contribution in [1.29, 1.82) is 0 Å². The number of piperidine rings is 1. The van der Waals surface area contributed by atoms with Crippen LogP contribution in [0.4, 0.5) is 5.69 Å². The Labute approximate surface area is 127 Å². The topological polar surface area (TPSA) is 44.4 Å². The quantitative estimate of drug-likeness (QED) is 0.810. The van der Waals surface area contributed by atoms with Gasteiger partial charge in [0.25, 0.3) is 0 Å². The first-order valence-corrected chi connectivity index (χ1v) is 8.02. The van der Waals surface area contributed by atoms with E-state index in [-0.39, 0.29) is 5.91 Å². The van der Waals surface area contributed by atoms with E-state index >= 15 is 0 Å². The zero-order chi connectivity index (χ0) is 14.9. The Balaban J connectivity index is 1.59. The van der Waals surface area contributed by atoms with Crippen molar-refractivity contribution in [3.8, 4) is 0 Å². The lowest BCUT2D eigenvalue weighted by atomic mass is 10.1. The Bertz CT molecular complexity index is 415. The van der Waals surface area contributed by atoms with Crippen LogP contribution in [0.5, 0.6) is 0 Å². The van der Waals surface area contributed by atoms with Crippen molar-refractivity contribution >= 4 is 11.6 Å². The predicted octanol–water partition coefficient (Wildman–Crippen LogP) is 2.34. The Morgan fingerprint density at radius 1 is 1.19 bits per heavy atom. The molecule has 4 nitrogen and oxygen atoms in total. The lowest BCUT2D eigenvalue weighted by Gasteiger charge is -2.29. The highest BCUT2D eigenvalue weighted by molar-refractivity contribution is 5.80. The molecular formula is C17H27N3O. The molecule has 1 amide bonds. The van der Waals surface area contributed by atoms with Crippen LogP contribution in [-0.2, 0) is 4.79 Å². The van der Waals surface area contributed by atoms with Gasteiger partial charge < -0.3 is 15.5 Å². The number of benzene rings is 1. The Hall–Kier alpha value is -1.55. The molecular weight excluding hydrogens is 262 g/mol. The third kappa shape index (κ3) is 6.17. The average molecular weight is 289 g/mol. The van der Waals surface area contributed by atoms with Crippen molar-refractivity contribution in [3.63, 3.8) is 0 Å². The van der Waals surface area contributed by atoms with E-state index in [4.69, 9.17) is 0 Å². The van der Waals surface area contributed by atoms with E-state index in [2.05, 4.69) is 22.5 Å². The standard InChI is InChI=1S/C17H27N3O/c1-15(14-20-10-6-3-7-11-20)12-19-17(21)13-18-16-8-4-2-5-9-16/h2,4-5,8-9,15,18H,3,6-7,10-14H2,1H3,(H,19,21). The van der Waals surface area contributed by atoms with E-state index in [9.17, 15) is 4.79 Å². The van der Waals surface area contributed by atoms with E-state index in [0.29, 0.717) is 12.5 Å². The molecule has 2 N–H and O–H groups in total. The predicted molar refractivity (Wildman–Crippen MR) is 87.4 cm³/mol. The second-order valence-corrected chi connectivity index (χ2v) is 5.99. The molecule has 0 aliphatic carbocycles. The largest absolute Gasteiger partial charge is 0.376 e. The summed E-state index contributed by atoms with van der Waals surface area (Å²) in [5, 5.41) is 6.14. The molecule has 1 aliphatic heterocycles. The molecule has 0 bridgehead atoms. The first-order valence-electron chi connectivity index (χ1n) is 8.02. The molecule has 1 aliphatic rings. The summed E-state index contributed by atoms with van der Waals surface area (Å²) in [6.07, 6.45) is 4.01. The van der Waals surface area contributed by atoms with Crippen molar-refractivity contribution in [2.75, 3.05) is 38.0 Å². The van der Waals surface area contributed by atoms with Gasteiger partial charge in [-0.15, -0.1) is 0 Å². The van der Waals surface area contributed by atoms with Gasteiger partial charge in [-0.3, -0.25) is 4.79 Å². The number of carbonyl (C=O) groups excluding carboxylic acids is 1. The Kier molecular flexibility index (Phi) is 6.54. The van der Waals surface area contributed by atoms with Crippen LogP contribution < -0.4 is 10.6 Å². The number of rotatable bonds is 7. The maximum Gasteiger partial charge on any atom is 0.239 e. The molecule has 0 radical (unpaired) electrons. The van der Waals surface area contributed by atoms with Crippen LogP contribution in [0, 0.1) is 5.92 Å². The smallest absolute Gasteiger partial charge is 0.239 e. The van der Waals surface area contributed by atoms with Crippen LogP contribution in [0.1, 0.15) is 26.2 Å². The van der Waals surface area contributed by atoms with Gasteiger partial charge in [0.05, 0.1) is 6.54 Å². The highest BCUT2D eigenvalue weighted by atomic mass is 16.1. The number of hydrogen-bond acceptors (Lipinski definition) is 3. The van der Waals surface area contributed by atoms with E-state index in [0.717, 1.165) is 18.8 Å². The highest BCUT2D eigenvalue weighted by Crippen LogP contribution is 2.10. The number of amides is 1. The van der Waals surface area contributed by atoms with Crippen LogP contribution in [-0.4, -0.2) is 43.5 Å². The number of carbonyl (C=O) groups is 1. The van der Waals surface area contributed by atoms with Crippen LogP contribution in [0.15, 0.2) is 30.3 Å². The zero-order valence-electron chi connectivity index (χ0n) is 13.0. The molecule has 1 atom stereocenters. The molecule has 1 aromatic carbocycles. The van der Waals surface area contributed by atoms with Gasteiger partial charge in [0.1, 0.15) is 0 Å². The van der Waals surface area contributed by atoms with Gasteiger partial charge >= 0.3 is 0 Å². The SMILES string of the molecule is CC(CNC(=O)CNc1ccccc1)CN1CCCCC1. The molecule has 1 fully saturated rings. The summed E-state index contributed by atoms with van der Waals surface area (Å²) in [7, 11) is 0. The summed E-state index contributed by atoms with van der Waals surface area (Å²) < 4.78 is 0. The maximum absolute atomic E-state index is 11.8. The first-order chi connectivity index (χ1) is 10.2. The molecule has 1 saturated heterocycles. The minimum absolute atomic E-state index is 0.0596. The number of likely N-dealkylation sites (tertiary alicyclic amines) is 1. The second kappa shape index (κ2) is 8.67. The van der Waals surface area contributed by atoms with Gasteiger partial charge in [0.15, 0.2) is 0 Å². The van der Waals surface area contributed by atoms with Crippen molar-refractivity contribution < 1.29 is 4.79 Å². The van der Waals surface area contributed by atoms with Gasteiger partial charge in [0, 0.05) is 18.8 Å². The van der Waals surface area contributed by atoms with Crippen molar-refractivity contribution in [3.05, 3.63) is 30.3 Å². The monoisotopic (exact) mass is 289 g/mol. The number of nitrogens with one attached hydrogen (secondary N) is 2. The van der Waals surface area contributed by atoms with E-state index in [1.165, 1.54) is 32.4 Å². The molecule has 4 heteroatoms. The van der Waals surface area contributed by atoms with Crippen LogP contribution in [0.2, 0.25) is 0 Å². The molecule has 1 heterocycles. The molecule has 0 spiro atoms. The molecule has 1 aromatic rings. The fourth-order valence-corrected chi connectivity index (χ4v) is 2.74. The lowest BCUT2D eigenvalue weighted by Crippen LogP contribution is -2.39. The highest BCUT2D eigenvalue weighted by Gasteiger charge is 2.13. The molecule has 21 heavy (non-hydrogen) atoms. The minimum Gasteiger partial charge on any atom is -0.376 e. The van der Waals surface area contributed by atoms with Gasteiger partial charge in [-0.2, -0.15) is 0 Å². The fourth-order valence-electron chi connectivity index (χ4n) is 2.74. The molecule has 116 valence electrons. The summed E-state index contributed by atoms with van der Waals surface area (Å²) >= 11 is 0. The van der Waals surface area contributed by atoms with Crippen LogP contribution in [0.3, 0.4) is 0 Å². The third-order valence-corrected chi connectivity index (χ3v) is 3.89. The Morgan fingerprint density at radius 2 is 1.90 bits per heavy atom. The van der Waals surface area contributed by atoms with E-state index in [1.54, 1.807) is 0 Å². The normalized spacial score (nSPS) is 17.2. The summed E-state index contributed by atoms with van der Waals surface area (Å²) in [5.41, 5.74) is 0.981. The van der Waals surface area contributed by atoms with E-state index < -0.39 is 0 Å². The number of nitrogens with zero attached hydrogens (tertiary/aromatic N) is 1. The number of hydrogen-bond donors (Lipinski definition) is 2. The van der Waals surface area contributed by atoms with Crippen molar-refractivity contribution in [1.82, 2.24) is 10.2 Å². The van der Waals surface area contributed by atoms with E-state index in [1.807, 2.05) is 30.3 Å². The maximum atomic E-state index is 11.8. The number of para-hydroxylation sites is 1. The van der Waals surface area contributed by atoms with Gasteiger partial charge in [0.2, 0.25) is 5.91 Å². The summed E-state index contributed by atoms with van der Waals surface area (Å²) in [4.78, 5) is 14.3. The van der Waals surface area contributed by atoms with Crippen LogP contribution in [0.25, 0.3) is 0 Å². The summed E-state index contributed by atoms with van der Waals surface area (Å²) in [6, 6.07) is 9.81. The second-order valence-electron chi connectivity index (χ2n) is 5.99. The van der Waals surface area contributed by atoms with Gasteiger partial charge in [-0.05, 0) is 44.0 Å². The van der Waals surface area contributed by atoms with Crippen molar-refractivity contribution in [2.24, 2.45) is 5.92 Å². The van der Waals surface area contributed by atoms with Crippen LogP contribution >= 0.6 is 0 Å². The number of anilines is 1. The molecule has 1 unspecified atom stereocenters. The summed E-state index contributed by atoms with van der Waals surface area (Å²) in [6.45, 7) is 6.82. The zero-order valence-corrected chi connectivity index (χ0v) is 13.0. The molecule has 0 saturated carbocycles. The third-order valence-electron chi connectivity index (χ3n) is 3.89. The van der Waals surface area contributed by atoms with Gasteiger partial charge in [-0.25, -0.2) is 0 Å². The van der Waals surface area contributed by atoms with Gasteiger partial charge in [-0.1, -0.05) is 31.5 Å². The minimum atomic E-state index is 0.0596. The fraction of sp³-hybridized carbons (Fsp3) is 0.588. The lowest BCUT2D eigenvalue weighted by molar-refractivity contribution is -0.119. The van der Waals surface area contributed by atoms with Crippen molar-refractivity contribution in [2.45, 2.75) is 26.2 Å².